The summed E-state index contributed by atoms with van der Waals surface area (Å²) in [7, 11) is 0. The van der Waals surface area contributed by atoms with Gasteiger partial charge in [0.25, 0.3) is 0 Å². The maximum absolute atomic E-state index is 5.92. The van der Waals surface area contributed by atoms with Crippen LogP contribution in [0.3, 0.4) is 0 Å². The molecule has 2 unspecified atom stereocenters. The van der Waals surface area contributed by atoms with E-state index in [2.05, 4.69) is 0 Å². The van der Waals surface area contributed by atoms with Crippen LogP contribution in [0.15, 0.2) is 30.4 Å². The topological polar surface area (TPSA) is 9.23 Å². The predicted molar refractivity (Wildman–Crippen MR) is 58.9 cm³/mol. The molecule has 1 aromatic carbocycles. The Morgan fingerprint density at radius 3 is 2.50 bits per heavy atom. The van der Waals surface area contributed by atoms with E-state index in [1.54, 1.807) is 6.07 Å². The summed E-state index contributed by atoms with van der Waals surface area (Å²) in [6.07, 6.45) is 4.26. The Bertz CT molecular complexity index is 374. The largest absolute Gasteiger partial charge is 0.362 e. The molecule has 3 heteroatoms. The zero-order valence-corrected chi connectivity index (χ0v) is 9.22. The van der Waals surface area contributed by atoms with E-state index >= 15 is 0 Å². The number of halogens is 2. The Hall–Kier alpha value is -0.500. The molecule has 0 radical (unpaired) electrons. The monoisotopic (exact) mass is 228 g/mol. The van der Waals surface area contributed by atoms with Crippen molar-refractivity contribution in [3.63, 3.8) is 0 Å². The van der Waals surface area contributed by atoms with Crippen molar-refractivity contribution in [1.82, 2.24) is 0 Å². The Kier molecular flexibility index (Phi) is 2.82. The van der Waals surface area contributed by atoms with Crippen molar-refractivity contribution in [2.24, 2.45) is 0 Å². The van der Waals surface area contributed by atoms with Crippen molar-refractivity contribution in [1.29, 1.82) is 0 Å². The van der Waals surface area contributed by atoms with Crippen LogP contribution in [-0.4, -0.2) is 6.10 Å². The average molecular weight is 229 g/mol. The van der Waals surface area contributed by atoms with Gasteiger partial charge in [0, 0.05) is 0 Å². The van der Waals surface area contributed by atoms with Gasteiger partial charge in [-0.2, -0.15) is 0 Å². The number of hydrogen-bond donors (Lipinski definition) is 0. The predicted octanol–water partition coefficient (Wildman–Crippen LogP) is 4.01. The lowest BCUT2D eigenvalue weighted by Crippen LogP contribution is -2.02. The highest BCUT2D eigenvalue weighted by Crippen LogP contribution is 2.31. The van der Waals surface area contributed by atoms with Gasteiger partial charge in [0.2, 0.25) is 0 Å². The minimum Gasteiger partial charge on any atom is -0.362 e. The first-order valence-electron chi connectivity index (χ1n) is 4.45. The Labute approximate surface area is 93.3 Å². The molecule has 0 amide bonds. The molecule has 0 fully saturated rings. The molecule has 1 heterocycles. The van der Waals surface area contributed by atoms with E-state index in [1.807, 2.05) is 31.2 Å². The summed E-state index contributed by atoms with van der Waals surface area (Å²) >= 11 is 11.7. The van der Waals surface area contributed by atoms with E-state index in [1.165, 1.54) is 0 Å². The molecule has 1 nitrogen and oxygen atoms in total. The van der Waals surface area contributed by atoms with Gasteiger partial charge in [-0.1, -0.05) is 41.4 Å². The van der Waals surface area contributed by atoms with Gasteiger partial charge in [0.05, 0.1) is 16.1 Å². The van der Waals surface area contributed by atoms with Crippen LogP contribution in [0.5, 0.6) is 0 Å². The van der Waals surface area contributed by atoms with Gasteiger partial charge in [-0.25, -0.2) is 0 Å². The van der Waals surface area contributed by atoms with E-state index in [9.17, 15) is 0 Å². The Morgan fingerprint density at radius 1 is 1.14 bits per heavy atom. The lowest BCUT2D eigenvalue weighted by Gasteiger charge is -2.11. The molecule has 0 aliphatic carbocycles. The van der Waals surface area contributed by atoms with E-state index in [-0.39, 0.29) is 12.2 Å². The van der Waals surface area contributed by atoms with Crippen molar-refractivity contribution < 1.29 is 4.74 Å². The molecule has 74 valence electrons. The molecule has 2 rings (SSSR count). The first kappa shape index (κ1) is 10.0. The summed E-state index contributed by atoms with van der Waals surface area (Å²) in [6.45, 7) is 2.01. The van der Waals surface area contributed by atoms with Crippen LogP contribution >= 0.6 is 23.2 Å². The number of hydrogen-bond acceptors (Lipinski definition) is 1. The van der Waals surface area contributed by atoms with Gasteiger partial charge in [-0.15, -0.1) is 0 Å². The second-order valence-corrected chi connectivity index (χ2v) is 4.13. The maximum Gasteiger partial charge on any atom is 0.102 e. The Balaban J connectivity index is 2.25. The second kappa shape index (κ2) is 3.93. The molecular weight excluding hydrogens is 219 g/mol. The lowest BCUT2D eigenvalue weighted by molar-refractivity contribution is 0.0716. The van der Waals surface area contributed by atoms with Crippen molar-refractivity contribution >= 4 is 23.2 Å². The molecule has 0 spiro atoms. The highest BCUT2D eigenvalue weighted by Gasteiger charge is 2.17. The third-order valence-corrected chi connectivity index (χ3v) is 2.93. The zero-order chi connectivity index (χ0) is 10.1. The first-order chi connectivity index (χ1) is 6.66. The van der Waals surface area contributed by atoms with E-state index in [0.717, 1.165) is 5.56 Å². The summed E-state index contributed by atoms with van der Waals surface area (Å²) < 4.78 is 5.63. The summed E-state index contributed by atoms with van der Waals surface area (Å²) in [5, 5.41) is 1.14. The molecule has 2 atom stereocenters. The molecule has 14 heavy (non-hydrogen) atoms. The van der Waals surface area contributed by atoms with Crippen LogP contribution in [0.25, 0.3) is 0 Å². The van der Waals surface area contributed by atoms with Crippen LogP contribution < -0.4 is 0 Å². The number of benzene rings is 1. The Morgan fingerprint density at radius 2 is 1.93 bits per heavy atom. The molecule has 1 aliphatic rings. The fourth-order valence-electron chi connectivity index (χ4n) is 1.46. The van der Waals surface area contributed by atoms with Crippen molar-refractivity contribution in [2.45, 2.75) is 19.1 Å². The standard InChI is InChI=1S/C11H10Cl2O/c1-7-2-5-11(14-7)8-3-4-9(12)10(13)6-8/h2-7,11H,1H3. The molecule has 1 aromatic rings. The second-order valence-electron chi connectivity index (χ2n) is 3.32. The van der Waals surface area contributed by atoms with Crippen LogP contribution in [0.1, 0.15) is 18.6 Å². The van der Waals surface area contributed by atoms with Gasteiger partial charge < -0.3 is 4.74 Å². The molecule has 0 saturated heterocycles. The van der Waals surface area contributed by atoms with Crippen LogP contribution in [-0.2, 0) is 4.74 Å². The number of ether oxygens (including phenoxy) is 1. The normalized spacial score (nSPS) is 25.6. The lowest BCUT2D eigenvalue weighted by atomic mass is 10.1. The molecular formula is C11H10Cl2O. The summed E-state index contributed by atoms with van der Waals surface area (Å²) in [5.41, 5.74) is 1.04. The van der Waals surface area contributed by atoms with Crippen molar-refractivity contribution in [3.8, 4) is 0 Å². The third kappa shape index (κ3) is 1.95. The van der Waals surface area contributed by atoms with Crippen LogP contribution in [0, 0.1) is 0 Å². The first-order valence-corrected chi connectivity index (χ1v) is 5.21. The average Bonchev–Trinajstić information content (AvgIpc) is 2.57. The molecule has 0 N–H and O–H groups in total. The van der Waals surface area contributed by atoms with Gasteiger partial charge in [0.15, 0.2) is 0 Å². The SMILES string of the molecule is CC1C=CC(c2ccc(Cl)c(Cl)c2)O1. The van der Waals surface area contributed by atoms with E-state index in [4.69, 9.17) is 27.9 Å². The fraction of sp³-hybridized carbons (Fsp3) is 0.273. The minimum absolute atomic E-state index is 0.0137. The van der Waals surface area contributed by atoms with Gasteiger partial charge in [0.1, 0.15) is 6.10 Å². The van der Waals surface area contributed by atoms with Gasteiger partial charge in [-0.05, 0) is 24.6 Å². The van der Waals surface area contributed by atoms with Gasteiger partial charge >= 0.3 is 0 Å². The highest BCUT2D eigenvalue weighted by atomic mass is 35.5. The smallest absolute Gasteiger partial charge is 0.102 e. The van der Waals surface area contributed by atoms with Crippen molar-refractivity contribution in [3.05, 3.63) is 46.0 Å². The molecule has 0 aromatic heterocycles. The fourth-order valence-corrected chi connectivity index (χ4v) is 1.76. The zero-order valence-electron chi connectivity index (χ0n) is 7.71. The quantitative estimate of drug-likeness (QED) is 0.661. The number of rotatable bonds is 1. The summed E-state index contributed by atoms with van der Waals surface area (Å²) in [4.78, 5) is 0. The van der Waals surface area contributed by atoms with E-state index in [0.29, 0.717) is 10.0 Å². The summed E-state index contributed by atoms with van der Waals surface area (Å²) in [5.74, 6) is 0. The van der Waals surface area contributed by atoms with Gasteiger partial charge in [-0.3, -0.25) is 0 Å². The highest BCUT2D eigenvalue weighted by molar-refractivity contribution is 6.42. The minimum atomic E-state index is 0.0137. The molecule has 0 bridgehead atoms. The van der Waals surface area contributed by atoms with Crippen molar-refractivity contribution in [2.75, 3.05) is 0 Å². The van der Waals surface area contributed by atoms with Crippen LogP contribution in [0.4, 0.5) is 0 Å². The van der Waals surface area contributed by atoms with E-state index < -0.39 is 0 Å². The molecule has 0 saturated carbocycles. The molecule has 1 aliphatic heterocycles. The maximum atomic E-state index is 5.92. The third-order valence-electron chi connectivity index (χ3n) is 2.19. The summed E-state index contributed by atoms with van der Waals surface area (Å²) in [6, 6.07) is 5.57. The van der Waals surface area contributed by atoms with Crippen LogP contribution in [0.2, 0.25) is 10.0 Å².